The molecule has 6 heteroatoms. The molecule has 0 spiro atoms. The van der Waals surface area contributed by atoms with E-state index in [0.29, 0.717) is 11.4 Å². The van der Waals surface area contributed by atoms with Crippen molar-refractivity contribution in [3.8, 4) is 0 Å². The Morgan fingerprint density at radius 1 is 1.42 bits per heavy atom. The molecule has 19 heavy (non-hydrogen) atoms. The van der Waals surface area contributed by atoms with Gasteiger partial charge in [0, 0.05) is 20.4 Å². The molecule has 1 aromatic carbocycles. The predicted molar refractivity (Wildman–Crippen MR) is 89.9 cm³/mol. The van der Waals surface area contributed by atoms with E-state index in [9.17, 15) is 0 Å². The summed E-state index contributed by atoms with van der Waals surface area (Å²) in [6, 6.07) is 8.07. The molecule has 0 fully saturated rings. The van der Waals surface area contributed by atoms with Crippen LogP contribution in [0.2, 0.25) is 5.02 Å². The van der Waals surface area contributed by atoms with E-state index in [4.69, 9.17) is 17.4 Å². The van der Waals surface area contributed by atoms with E-state index < -0.39 is 0 Å². The number of hydrogen-bond donors (Lipinski definition) is 2. The maximum absolute atomic E-state index is 6.14. The molecule has 1 heterocycles. The van der Waals surface area contributed by atoms with Crippen molar-refractivity contribution >= 4 is 50.1 Å². The van der Waals surface area contributed by atoms with Crippen LogP contribution in [0, 0.1) is 3.57 Å². The second-order valence-corrected chi connectivity index (χ2v) is 6.56. The Morgan fingerprint density at radius 2 is 2.21 bits per heavy atom. The third-order valence-corrected chi connectivity index (χ3v) is 4.55. The SMILES string of the molecule is NNC(Cc1ccncc1Cl)c1cc(I)ccc1Br. The maximum atomic E-state index is 6.14. The first-order valence-electron chi connectivity index (χ1n) is 5.61. The highest BCUT2D eigenvalue weighted by Gasteiger charge is 2.15. The van der Waals surface area contributed by atoms with E-state index in [2.05, 4.69) is 55.0 Å². The predicted octanol–water partition coefficient (Wildman–Crippen LogP) is 3.85. The van der Waals surface area contributed by atoms with Gasteiger partial charge < -0.3 is 0 Å². The van der Waals surface area contributed by atoms with Crippen LogP contribution >= 0.6 is 50.1 Å². The smallest absolute Gasteiger partial charge is 0.0622 e. The van der Waals surface area contributed by atoms with Gasteiger partial charge in [-0.1, -0.05) is 27.5 Å². The number of hydrazine groups is 1. The lowest BCUT2D eigenvalue weighted by Gasteiger charge is -2.19. The highest BCUT2D eigenvalue weighted by atomic mass is 127. The van der Waals surface area contributed by atoms with Gasteiger partial charge in [-0.05, 0) is 64.4 Å². The van der Waals surface area contributed by atoms with Crippen molar-refractivity contribution < 1.29 is 0 Å². The number of nitrogens with two attached hydrogens (primary N) is 1. The molecule has 100 valence electrons. The van der Waals surface area contributed by atoms with Gasteiger partial charge in [0.2, 0.25) is 0 Å². The van der Waals surface area contributed by atoms with Gasteiger partial charge in [0.05, 0.1) is 11.1 Å². The van der Waals surface area contributed by atoms with Crippen LogP contribution in [0.15, 0.2) is 41.1 Å². The van der Waals surface area contributed by atoms with Crippen LogP contribution in [0.25, 0.3) is 0 Å². The van der Waals surface area contributed by atoms with Crippen LogP contribution in [0.3, 0.4) is 0 Å². The highest BCUT2D eigenvalue weighted by molar-refractivity contribution is 14.1. The molecule has 0 radical (unpaired) electrons. The summed E-state index contributed by atoms with van der Waals surface area (Å²) in [5.74, 6) is 5.69. The fraction of sp³-hybridized carbons (Fsp3) is 0.154. The van der Waals surface area contributed by atoms with Gasteiger partial charge in [0.25, 0.3) is 0 Å². The Labute approximate surface area is 139 Å². The van der Waals surface area contributed by atoms with Crippen LogP contribution in [0.5, 0.6) is 0 Å². The Morgan fingerprint density at radius 3 is 2.89 bits per heavy atom. The van der Waals surface area contributed by atoms with Crippen molar-refractivity contribution in [3.63, 3.8) is 0 Å². The maximum Gasteiger partial charge on any atom is 0.0622 e. The normalized spacial score (nSPS) is 12.4. The Bertz CT molecular complexity index is 580. The minimum absolute atomic E-state index is 0.0102. The molecule has 3 N–H and O–H groups in total. The molecule has 2 aromatic rings. The Balaban J connectivity index is 2.30. The number of rotatable bonds is 4. The summed E-state index contributed by atoms with van der Waals surface area (Å²) in [6.07, 6.45) is 4.09. The number of nitrogens with zero attached hydrogens (tertiary/aromatic N) is 1. The highest BCUT2D eigenvalue weighted by Crippen LogP contribution is 2.29. The molecule has 0 bridgehead atoms. The van der Waals surface area contributed by atoms with Crippen molar-refractivity contribution in [2.75, 3.05) is 0 Å². The van der Waals surface area contributed by atoms with E-state index in [1.807, 2.05) is 18.2 Å². The summed E-state index contributed by atoms with van der Waals surface area (Å²) in [4.78, 5) is 3.99. The molecule has 1 unspecified atom stereocenters. The van der Waals surface area contributed by atoms with Crippen molar-refractivity contribution in [3.05, 3.63) is 60.9 Å². The first-order valence-corrected chi connectivity index (χ1v) is 7.86. The van der Waals surface area contributed by atoms with Crippen LogP contribution in [-0.2, 0) is 6.42 Å². The van der Waals surface area contributed by atoms with Crippen molar-refractivity contribution in [1.29, 1.82) is 0 Å². The zero-order chi connectivity index (χ0) is 13.8. The zero-order valence-electron chi connectivity index (χ0n) is 9.91. The minimum atomic E-state index is -0.0102. The zero-order valence-corrected chi connectivity index (χ0v) is 14.4. The fourth-order valence-corrected chi connectivity index (χ4v) is 3.06. The lowest BCUT2D eigenvalue weighted by atomic mass is 10.00. The minimum Gasteiger partial charge on any atom is -0.271 e. The summed E-state index contributed by atoms with van der Waals surface area (Å²) in [5.41, 5.74) is 4.98. The van der Waals surface area contributed by atoms with Crippen molar-refractivity contribution in [2.24, 2.45) is 5.84 Å². The van der Waals surface area contributed by atoms with Crippen LogP contribution in [0.1, 0.15) is 17.2 Å². The van der Waals surface area contributed by atoms with Gasteiger partial charge in [-0.3, -0.25) is 16.3 Å². The van der Waals surface area contributed by atoms with E-state index in [1.54, 1.807) is 12.4 Å². The number of hydrogen-bond acceptors (Lipinski definition) is 3. The molecular weight excluding hydrogens is 440 g/mol. The van der Waals surface area contributed by atoms with Gasteiger partial charge >= 0.3 is 0 Å². The molecule has 0 saturated carbocycles. The topological polar surface area (TPSA) is 50.9 Å². The molecule has 0 aliphatic heterocycles. The van der Waals surface area contributed by atoms with E-state index >= 15 is 0 Å². The summed E-state index contributed by atoms with van der Waals surface area (Å²) < 4.78 is 2.19. The number of halogens is 3. The standard InChI is InChI=1S/C13H12BrClIN3/c14-11-2-1-9(16)6-10(11)13(19-17)5-8-3-4-18-7-12(8)15/h1-4,6-7,13,19H,5,17H2. The molecule has 2 rings (SSSR count). The van der Waals surface area contributed by atoms with Gasteiger partial charge in [0.1, 0.15) is 0 Å². The third-order valence-electron chi connectivity index (χ3n) is 2.82. The molecular formula is C13H12BrClIN3. The first kappa shape index (κ1) is 15.2. The Hall–Kier alpha value is -0.210. The number of pyridine rings is 1. The van der Waals surface area contributed by atoms with Gasteiger partial charge in [-0.15, -0.1) is 0 Å². The van der Waals surface area contributed by atoms with Gasteiger partial charge in [-0.25, -0.2) is 0 Å². The largest absolute Gasteiger partial charge is 0.271 e. The number of nitrogens with one attached hydrogen (secondary N) is 1. The summed E-state index contributed by atoms with van der Waals surface area (Å²) >= 11 is 12.0. The molecule has 0 aliphatic rings. The third kappa shape index (κ3) is 3.88. The monoisotopic (exact) mass is 451 g/mol. The van der Waals surface area contributed by atoms with Gasteiger partial charge in [-0.2, -0.15) is 0 Å². The lowest BCUT2D eigenvalue weighted by molar-refractivity contribution is 0.549. The molecule has 1 atom stereocenters. The second-order valence-electron chi connectivity index (χ2n) is 4.06. The second kappa shape index (κ2) is 6.99. The summed E-state index contributed by atoms with van der Waals surface area (Å²) in [7, 11) is 0. The van der Waals surface area contributed by atoms with Crippen molar-refractivity contribution in [2.45, 2.75) is 12.5 Å². The van der Waals surface area contributed by atoms with E-state index in [-0.39, 0.29) is 6.04 Å². The molecule has 0 aliphatic carbocycles. The van der Waals surface area contributed by atoms with Crippen LogP contribution < -0.4 is 11.3 Å². The molecule has 0 amide bonds. The quantitative estimate of drug-likeness (QED) is 0.421. The number of benzene rings is 1. The summed E-state index contributed by atoms with van der Waals surface area (Å²) in [6.45, 7) is 0. The van der Waals surface area contributed by atoms with E-state index in [0.717, 1.165) is 19.2 Å². The lowest BCUT2D eigenvalue weighted by Crippen LogP contribution is -2.30. The van der Waals surface area contributed by atoms with Crippen LogP contribution in [-0.4, -0.2) is 4.98 Å². The Kier molecular flexibility index (Phi) is 5.58. The summed E-state index contributed by atoms with van der Waals surface area (Å²) in [5, 5.41) is 0.657. The molecule has 0 saturated heterocycles. The van der Waals surface area contributed by atoms with Crippen LogP contribution in [0.4, 0.5) is 0 Å². The molecule has 1 aromatic heterocycles. The number of aromatic nitrogens is 1. The average molecular weight is 453 g/mol. The molecule has 3 nitrogen and oxygen atoms in total. The van der Waals surface area contributed by atoms with E-state index in [1.165, 1.54) is 0 Å². The first-order chi connectivity index (χ1) is 9.11. The van der Waals surface area contributed by atoms with Crippen molar-refractivity contribution in [1.82, 2.24) is 10.4 Å². The van der Waals surface area contributed by atoms with Gasteiger partial charge in [0.15, 0.2) is 0 Å². The fourth-order valence-electron chi connectivity index (χ4n) is 1.83. The average Bonchev–Trinajstić information content (AvgIpc) is 2.41.